The molecule has 0 aliphatic rings. The molecule has 0 saturated heterocycles. The zero-order valence-corrected chi connectivity index (χ0v) is 10.8. The number of esters is 1. The molecule has 0 saturated carbocycles. The molecule has 0 amide bonds. The summed E-state index contributed by atoms with van der Waals surface area (Å²) in [5, 5.41) is 0. The van der Waals surface area contributed by atoms with Crippen LogP contribution in [0.25, 0.3) is 0 Å². The van der Waals surface area contributed by atoms with E-state index in [1.165, 1.54) is 0 Å². The minimum absolute atomic E-state index is 0.164. The maximum Gasteiger partial charge on any atom is 0.307 e. The Bertz CT molecular complexity index is 156. The van der Waals surface area contributed by atoms with Gasteiger partial charge in [-0.1, -0.05) is 0 Å². The number of carbonyl (C=O) groups is 1. The Kier molecular flexibility index (Phi) is 6.63. The number of rotatable bonds is 6. The molecule has 0 aromatic heterocycles. The Morgan fingerprint density at radius 2 is 2.15 bits per heavy atom. The molecule has 0 rings (SSSR count). The van der Waals surface area contributed by atoms with E-state index in [-0.39, 0.29) is 5.97 Å². The molecular formula is C8H15BrO3Si. The van der Waals surface area contributed by atoms with E-state index in [2.05, 4.69) is 15.9 Å². The number of hydrogen-bond acceptors (Lipinski definition) is 3. The van der Waals surface area contributed by atoms with Crippen LogP contribution in [0.2, 0.25) is 6.04 Å². The van der Waals surface area contributed by atoms with E-state index < -0.39 is 4.51 Å². The first kappa shape index (κ1) is 13.1. The molecule has 0 aromatic carbocycles. The summed E-state index contributed by atoms with van der Waals surface area (Å²) in [7, 11) is 2.15. The SMILES string of the molecule is CO[Si]CCCC(=O)OC(C)(C)Br. The molecule has 0 fully saturated rings. The summed E-state index contributed by atoms with van der Waals surface area (Å²) in [4.78, 5) is 11.1. The Morgan fingerprint density at radius 3 is 2.62 bits per heavy atom. The molecule has 76 valence electrons. The van der Waals surface area contributed by atoms with E-state index in [9.17, 15) is 4.79 Å². The molecule has 0 N–H and O–H groups in total. The Balaban J connectivity index is 3.41. The van der Waals surface area contributed by atoms with Crippen LogP contribution in [0.15, 0.2) is 0 Å². The van der Waals surface area contributed by atoms with Crippen molar-refractivity contribution < 1.29 is 14.0 Å². The predicted octanol–water partition coefficient (Wildman–Crippen LogP) is 2.12. The fraction of sp³-hybridized carbons (Fsp3) is 0.875. The first-order chi connectivity index (χ1) is 5.95. The second-order valence-corrected chi connectivity index (χ2v) is 6.15. The van der Waals surface area contributed by atoms with Gasteiger partial charge < -0.3 is 9.16 Å². The van der Waals surface area contributed by atoms with Crippen molar-refractivity contribution >= 4 is 31.7 Å². The van der Waals surface area contributed by atoms with Gasteiger partial charge in [-0.15, -0.1) is 0 Å². The van der Waals surface area contributed by atoms with Gasteiger partial charge in [0.1, 0.15) is 0 Å². The molecule has 0 bridgehead atoms. The zero-order chi connectivity index (χ0) is 10.3. The van der Waals surface area contributed by atoms with Gasteiger partial charge in [-0.2, -0.15) is 0 Å². The van der Waals surface area contributed by atoms with Gasteiger partial charge in [0, 0.05) is 13.5 Å². The van der Waals surface area contributed by atoms with Crippen molar-refractivity contribution in [2.45, 2.75) is 37.2 Å². The third kappa shape index (κ3) is 10.0. The van der Waals surface area contributed by atoms with Crippen molar-refractivity contribution in [1.82, 2.24) is 0 Å². The van der Waals surface area contributed by atoms with Gasteiger partial charge in [0.15, 0.2) is 4.51 Å². The number of alkyl halides is 1. The Hall–Kier alpha value is 0.127. The number of carbonyl (C=O) groups excluding carboxylic acids is 1. The maximum absolute atomic E-state index is 11.1. The van der Waals surface area contributed by atoms with Gasteiger partial charge >= 0.3 is 5.97 Å². The molecule has 13 heavy (non-hydrogen) atoms. The van der Waals surface area contributed by atoms with Gasteiger partial charge in [0.25, 0.3) is 0 Å². The van der Waals surface area contributed by atoms with Gasteiger partial charge in [-0.05, 0) is 42.2 Å². The van der Waals surface area contributed by atoms with E-state index in [0.717, 1.165) is 12.5 Å². The highest BCUT2D eigenvalue weighted by Gasteiger charge is 2.17. The van der Waals surface area contributed by atoms with Crippen molar-refractivity contribution in [2.75, 3.05) is 7.11 Å². The monoisotopic (exact) mass is 266 g/mol. The minimum Gasteiger partial charge on any atom is -0.448 e. The molecule has 5 heteroatoms. The predicted molar refractivity (Wildman–Crippen MR) is 55.9 cm³/mol. The number of hydrogen-bond donors (Lipinski definition) is 0. The second kappa shape index (κ2) is 6.56. The fourth-order valence-corrected chi connectivity index (χ4v) is 1.43. The molecule has 3 nitrogen and oxygen atoms in total. The van der Waals surface area contributed by atoms with Crippen LogP contribution in [0.1, 0.15) is 26.7 Å². The van der Waals surface area contributed by atoms with Crippen molar-refractivity contribution in [1.29, 1.82) is 0 Å². The van der Waals surface area contributed by atoms with Crippen LogP contribution < -0.4 is 0 Å². The largest absolute Gasteiger partial charge is 0.448 e. The van der Waals surface area contributed by atoms with Crippen molar-refractivity contribution in [3.8, 4) is 0 Å². The minimum atomic E-state index is -0.548. The van der Waals surface area contributed by atoms with Crippen molar-refractivity contribution in [2.24, 2.45) is 0 Å². The molecule has 0 aromatic rings. The molecule has 0 aliphatic carbocycles. The molecular weight excluding hydrogens is 252 g/mol. The van der Waals surface area contributed by atoms with Crippen LogP contribution in [-0.4, -0.2) is 27.4 Å². The van der Waals surface area contributed by atoms with Gasteiger partial charge in [-0.25, -0.2) is 0 Å². The van der Waals surface area contributed by atoms with Crippen molar-refractivity contribution in [3.05, 3.63) is 0 Å². The quantitative estimate of drug-likeness (QED) is 0.320. The van der Waals surface area contributed by atoms with Gasteiger partial charge in [0.05, 0.1) is 0 Å². The fourth-order valence-electron chi connectivity index (χ4n) is 0.729. The summed E-state index contributed by atoms with van der Waals surface area (Å²) >= 11 is 3.24. The molecule has 0 aliphatic heterocycles. The van der Waals surface area contributed by atoms with E-state index in [0.29, 0.717) is 16.2 Å². The normalized spacial score (nSPS) is 11.4. The summed E-state index contributed by atoms with van der Waals surface area (Å²) in [6.07, 6.45) is 1.29. The van der Waals surface area contributed by atoms with E-state index in [4.69, 9.17) is 9.16 Å². The van der Waals surface area contributed by atoms with Gasteiger partial charge in [0.2, 0.25) is 9.76 Å². The summed E-state index contributed by atoms with van der Waals surface area (Å²) in [5.74, 6) is -0.164. The molecule has 0 heterocycles. The first-order valence-electron chi connectivity index (χ1n) is 4.12. The zero-order valence-electron chi connectivity index (χ0n) is 8.22. The van der Waals surface area contributed by atoms with Crippen LogP contribution in [0.4, 0.5) is 0 Å². The van der Waals surface area contributed by atoms with Crippen LogP contribution >= 0.6 is 15.9 Å². The Labute approximate surface area is 90.2 Å². The number of ether oxygens (including phenoxy) is 1. The van der Waals surface area contributed by atoms with Crippen LogP contribution in [-0.2, 0) is 14.0 Å². The van der Waals surface area contributed by atoms with Crippen LogP contribution in [0.3, 0.4) is 0 Å². The average Bonchev–Trinajstić information content (AvgIpc) is 1.94. The molecule has 0 unspecified atom stereocenters. The van der Waals surface area contributed by atoms with Crippen LogP contribution in [0, 0.1) is 0 Å². The van der Waals surface area contributed by atoms with E-state index in [1.54, 1.807) is 21.0 Å². The van der Waals surface area contributed by atoms with E-state index >= 15 is 0 Å². The third-order valence-corrected chi connectivity index (χ3v) is 2.17. The standard InChI is InChI=1S/C8H15BrO3Si/c1-8(2,9)12-7(10)5-4-6-13-11-3/h4-6H2,1-3H3. The number of halogens is 1. The summed E-state index contributed by atoms with van der Waals surface area (Å²) in [6, 6.07) is 0.925. The second-order valence-electron chi connectivity index (χ2n) is 3.04. The van der Waals surface area contributed by atoms with Crippen molar-refractivity contribution in [3.63, 3.8) is 0 Å². The topological polar surface area (TPSA) is 35.5 Å². The Morgan fingerprint density at radius 1 is 1.54 bits per heavy atom. The highest BCUT2D eigenvalue weighted by molar-refractivity contribution is 9.10. The molecule has 2 radical (unpaired) electrons. The first-order valence-corrected chi connectivity index (χ1v) is 6.03. The highest BCUT2D eigenvalue weighted by Crippen LogP contribution is 2.18. The lowest BCUT2D eigenvalue weighted by Crippen LogP contribution is -2.20. The summed E-state index contributed by atoms with van der Waals surface area (Å²) in [6.45, 7) is 3.59. The lowest BCUT2D eigenvalue weighted by atomic mass is 10.3. The van der Waals surface area contributed by atoms with Crippen LogP contribution in [0.5, 0.6) is 0 Å². The molecule has 0 atom stereocenters. The van der Waals surface area contributed by atoms with Gasteiger partial charge in [-0.3, -0.25) is 4.79 Å². The lowest BCUT2D eigenvalue weighted by molar-refractivity contribution is -0.149. The lowest BCUT2D eigenvalue weighted by Gasteiger charge is -2.17. The van der Waals surface area contributed by atoms with E-state index in [1.807, 2.05) is 0 Å². The summed E-state index contributed by atoms with van der Waals surface area (Å²) < 4.78 is 9.40. The average molecular weight is 267 g/mol. The maximum atomic E-state index is 11.1. The highest BCUT2D eigenvalue weighted by atomic mass is 79.9. The smallest absolute Gasteiger partial charge is 0.307 e. The molecule has 0 spiro atoms. The summed E-state index contributed by atoms with van der Waals surface area (Å²) in [5.41, 5.74) is 0. The third-order valence-electron chi connectivity index (χ3n) is 1.16.